The van der Waals surface area contributed by atoms with E-state index >= 15 is 0 Å². The summed E-state index contributed by atoms with van der Waals surface area (Å²) < 4.78 is 5.28. The van der Waals surface area contributed by atoms with Crippen LogP contribution >= 0.6 is 11.8 Å². The van der Waals surface area contributed by atoms with E-state index in [1.54, 1.807) is 31.4 Å². The predicted octanol–water partition coefficient (Wildman–Crippen LogP) is 3.56. The number of nitriles is 1. The quantitative estimate of drug-likeness (QED) is 0.864. The van der Waals surface area contributed by atoms with Gasteiger partial charge in [0.15, 0.2) is 0 Å². The number of rotatable bonds is 4. The minimum Gasteiger partial charge on any atom is -0.507 e. The topological polar surface area (TPSA) is 53.2 Å². The second-order valence-corrected chi connectivity index (χ2v) is 4.91. The Hall–Kier alpha value is -2.12. The number of benzene rings is 2. The fraction of sp³-hybridized carbons (Fsp3) is 0.133. The molecule has 96 valence electrons. The molecule has 0 atom stereocenters. The molecular weight excluding hydrogens is 258 g/mol. The first-order valence-electron chi connectivity index (χ1n) is 5.72. The molecule has 1 N–H and O–H groups in total. The zero-order chi connectivity index (χ0) is 13.7. The van der Waals surface area contributed by atoms with Gasteiger partial charge in [-0.05, 0) is 30.3 Å². The predicted molar refractivity (Wildman–Crippen MR) is 75.4 cm³/mol. The van der Waals surface area contributed by atoms with Gasteiger partial charge in [-0.25, -0.2) is 0 Å². The SMILES string of the molecule is COc1ccc(C#N)cc1CSc1ccccc1O. The molecule has 3 nitrogen and oxygen atoms in total. The second-order valence-electron chi connectivity index (χ2n) is 3.89. The third-order valence-electron chi connectivity index (χ3n) is 2.66. The highest BCUT2D eigenvalue weighted by atomic mass is 32.2. The Labute approximate surface area is 116 Å². The Morgan fingerprint density at radius 1 is 1.26 bits per heavy atom. The maximum absolute atomic E-state index is 9.71. The number of phenolic OH excluding ortho intramolecular Hbond substituents is 1. The molecule has 0 aliphatic heterocycles. The molecule has 0 fully saturated rings. The summed E-state index contributed by atoms with van der Waals surface area (Å²) in [5, 5.41) is 18.6. The van der Waals surface area contributed by atoms with Crippen molar-refractivity contribution in [3.05, 3.63) is 53.6 Å². The van der Waals surface area contributed by atoms with Gasteiger partial charge in [-0.2, -0.15) is 5.26 Å². The van der Waals surface area contributed by atoms with Crippen LogP contribution in [-0.2, 0) is 5.75 Å². The van der Waals surface area contributed by atoms with Crippen molar-refractivity contribution in [3.63, 3.8) is 0 Å². The maximum Gasteiger partial charge on any atom is 0.129 e. The number of phenols is 1. The summed E-state index contributed by atoms with van der Waals surface area (Å²) in [6, 6.07) is 14.6. The van der Waals surface area contributed by atoms with Crippen molar-refractivity contribution in [2.75, 3.05) is 7.11 Å². The van der Waals surface area contributed by atoms with Crippen molar-refractivity contribution in [1.82, 2.24) is 0 Å². The first kappa shape index (κ1) is 13.3. The van der Waals surface area contributed by atoms with Gasteiger partial charge >= 0.3 is 0 Å². The summed E-state index contributed by atoms with van der Waals surface area (Å²) in [4.78, 5) is 0.812. The third kappa shape index (κ3) is 3.21. The highest BCUT2D eigenvalue weighted by Crippen LogP contribution is 2.33. The average Bonchev–Trinajstić information content (AvgIpc) is 2.46. The molecule has 0 bridgehead atoms. The first-order valence-corrected chi connectivity index (χ1v) is 6.71. The van der Waals surface area contributed by atoms with Gasteiger partial charge in [0.1, 0.15) is 11.5 Å². The molecule has 19 heavy (non-hydrogen) atoms. The van der Waals surface area contributed by atoms with Crippen LogP contribution in [0.3, 0.4) is 0 Å². The number of aromatic hydroxyl groups is 1. The summed E-state index contributed by atoms with van der Waals surface area (Å²) in [5.41, 5.74) is 1.54. The minimum absolute atomic E-state index is 0.267. The van der Waals surface area contributed by atoms with Gasteiger partial charge in [0, 0.05) is 16.2 Å². The number of hydrogen-bond acceptors (Lipinski definition) is 4. The fourth-order valence-electron chi connectivity index (χ4n) is 1.70. The fourth-order valence-corrected chi connectivity index (χ4v) is 2.62. The number of methoxy groups -OCH3 is 1. The van der Waals surface area contributed by atoms with Gasteiger partial charge in [0.2, 0.25) is 0 Å². The van der Waals surface area contributed by atoms with E-state index in [1.165, 1.54) is 11.8 Å². The molecule has 0 heterocycles. The molecular formula is C15H13NO2S. The summed E-state index contributed by atoms with van der Waals surface area (Å²) in [5.74, 6) is 1.65. The third-order valence-corrected chi connectivity index (χ3v) is 3.77. The van der Waals surface area contributed by atoms with Crippen LogP contribution in [-0.4, -0.2) is 12.2 Å². The molecule has 0 saturated heterocycles. The van der Waals surface area contributed by atoms with Crippen molar-refractivity contribution >= 4 is 11.8 Å². The lowest BCUT2D eigenvalue weighted by molar-refractivity contribution is 0.411. The smallest absolute Gasteiger partial charge is 0.129 e. The van der Waals surface area contributed by atoms with Crippen LogP contribution in [0.25, 0.3) is 0 Å². The van der Waals surface area contributed by atoms with Crippen LogP contribution in [0, 0.1) is 11.3 Å². The monoisotopic (exact) mass is 271 g/mol. The molecule has 0 spiro atoms. The molecule has 0 aliphatic carbocycles. The number of thioether (sulfide) groups is 1. The van der Waals surface area contributed by atoms with E-state index in [0.717, 1.165) is 16.2 Å². The lowest BCUT2D eigenvalue weighted by Crippen LogP contribution is -1.91. The lowest BCUT2D eigenvalue weighted by atomic mass is 10.1. The highest BCUT2D eigenvalue weighted by Gasteiger charge is 2.07. The number of ether oxygens (including phenoxy) is 1. The zero-order valence-electron chi connectivity index (χ0n) is 10.5. The normalized spacial score (nSPS) is 9.89. The van der Waals surface area contributed by atoms with Crippen molar-refractivity contribution in [2.45, 2.75) is 10.6 Å². The Kier molecular flexibility index (Phi) is 4.32. The van der Waals surface area contributed by atoms with Gasteiger partial charge in [-0.15, -0.1) is 11.8 Å². The molecule has 0 radical (unpaired) electrons. The van der Waals surface area contributed by atoms with E-state index in [1.807, 2.05) is 18.2 Å². The van der Waals surface area contributed by atoms with Crippen LogP contribution in [0.2, 0.25) is 0 Å². The Bertz CT molecular complexity index is 620. The molecule has 0 aromatic heterocycles. The lowest BCUT2D eigenvalue weighted by Gasteiger charge is -2.09. The molecule has 2 rings (SSSR count). The van der Waals surface area contributed by atoms with Crippen LogP contribution < -0.4 is 4.74 Å². The molecule has 4 heteroatoms. The van der Waals surface area contributed by atoms with Crippen molar-refractivity contribution in [3.8, 4) is 17.6 Å². The molecule has 2 aromatic carbocycles. The van der Waals surface area contributed by atoms with E-state index < -0.39 is 0 Å². The molecule has 0 amide bonds. The summed E-state index contributed by atoms with van der Waals surface area (Å²) in [6.45, 7) is 0. The number of para-hydroxylation sites is 1. The van der Waals surface area contributed by atoms with E-state index in [4.69, 9.17) is 10.00 Å². The Morgan fingerprint density at radius 3 is 2.74 bits per heavy atom. The van der Waals surface area contributed by atoms with Crippen LogP contribution in [0.15, 0.2) is 47.4 Å². The van der Waals surface area contributed by atoms with Gasteiger partial charge in [-0.1, -0.05) is 12.1 Å². The van der Waals surface area contributed by atoms with Gasteiger partial charge in [0.05, 0.1) is 18.7 Å². The van der Waals surface area contributed by atoms with Crippen LogP contribution in [0.1, 0.15) is 11.1 Å². The van der Waals surface area contributed by atoms with E-state index in [0.29, 0.717) is 11.3 Å². The van der Waals surface area contributed by atoms with Gasteiger partial charge in [-0.3, -0.25) is 0 Å². The van der Waals surface area contributed by atoms with Gasteiger partial charge < -0.3 is 9.84 Å². The number of hydrogen-bond donors (Lipinski definition) is 1. The molecule has 0 aliphatic rings. The van der Waals surface area contributed by atoms with E-state index in [9.17, 15) is 5.11 Å². The van der Waals surface area contributed by atoms with Crippen molar-refractivity contribution in [2.24, 2.45) is 0 Å². The zero-order valence-corrected chi connectivity index (χ0v) is 11.3. The maximum atomic E-state index is 9.71. The van der Waals surface area contributed by atoms with Crippen molar-refractivity contribution < 1.29 is 9.84 Å². The summed E-state index contributed by atoms with van der Waals surface area (Å²) in [7, 11) is 1.61. The largest absolute Gasteiger partial charge is 0.507 e. The van der Waals surface area contributed by atoms with E-state index in [-0.39, 0.29) is 5.75 Å². The Balaban J connectivity index is 2.19. The van der Waals surface area contributed by atoms with Crippen LogP contribution in [0.4, 0.5) is 0 Å². The van der Waals surface area contributed by atoms with Crippen molar-refractivity contribution in [1.29, 1.82) is 5.26 Å². The molecule has 2 aromatic rings. The standard InChI is InChI=1S/C15H13NO2S/c1-18-14-7-6-11(9-16)8-12(14)10-19-15-5-3-2-4-13(15)17/h2-8,17H,10H2,1H3. The summed E-state index contributed by atoms with van der Waals surface area (Å²) >= 11 is 1.51. The van der Waals surface area contributed by atoms with Gasteiger partial charge in [0.25, 0.3) is 0 Å². The van der Waals surface area contributed by atoms with E-state index in [2.05, 4.69) is 6.07 Å². The average molecular weight is 271 g/mol. The molecule has 0 unspecified atom stereocenters. The molecule has 0 saturated carbocycles. The van der Waals surface area contributed by atoms with Crippen LogP contribution in [0.5, 0.6) is 11.5 Å². The highest BCUT2D eigenvalue weighted by molar-refractivity contribution is 7.98. The Morgan fingerprint density at radius 2 is 2.05 bits per heavy atom. The minimum atomic E-state index is 0.267. The first-order chi connectivity index (χ1) is 9.24. The number of nitrogens with zero attached hydrogens (tertiary/aromatic N) is 1. The second kappa shape index (κ2) is 6.17. The summed E-state index contributed by atoms with van der Waals surface area (Å²) in [6.07, 6.45) is 0.